The largest absolute Gasteiger partial charge is 0.506 e. The van der Waals surface area contributed by atoms with Gasteiger partial charge in [0, 0.05) is 24.8 Å². The lowest BCUT2D eigenvalue weighted by molar-refractivity contribution is -0.0757. The van der Waals surface area contributed by atoms with Crippen molar-refractivity contribution in [2.45, 2.75) is 51.4 Å². The molecule has 1 fully saturated rings. The molecule has 2 aromatic rings. The number of hydrogen-bond acceptors (Lipinski definition) is 4. The Balaban J connectivity index is 1.48. The van der Waals surface area contributed by atoms with E-state index in [2.05, 4.69) is 36.2 Å². The second kappa shape index (κ2) is 8.86. The Kier molecular flexibility index (Phi) is 6.29. The molecule has 25 heavy (non-hydrogen) atoms. The summed E-state index contributed by atoms with van der Waals surface area (Å²) in [5.41, 5.74) is 2.39. The summed E-state index contributed by atoms with van der Waals surface area (Å²) >= 11 is 0. The van der Waals surface area contributed by atoms with Gasteiger partial charge in [0.05, 0.1) is 6.20 Å². The number of pyridine rings is 1. The summed E-state index contributed by atoms with van der Waals surface area (Å²) in [5, 5.41) is 12.0. The van der Waals surface area contributed by atoms with E-state index < -0.39 is 0 Å². The van der Waals surface area contributed by atoms with Gasteiger partial charge in [-0.15, -0.1) is 5.06 Å². The Bertz CT molecular complexity index is 649. The minimum absolute atomic E-state index is 0.306. The fraction of sp³-hybridized carbons (Fsp3) is 0.476. The molecule has 2 heterocycles. The number of benzene rings is 1. The van der Waals surface area contributed by atoms with E-state index in [0.29, 0.717) is 11.7 Å². The van der Waals surface area contributed by atoms with Gasteiger partial charge < -0.3 is 9.94 Å². The summed E-state index contributed by atoms with van der Waals surface area (Å²) in [6.07, 6.45) is 10.2. The van der Waals surface area contributed by atoms with Crippen LogP contribution in [0, 0.1) is 0 Å². The van der Waals surface area contributed by atoms with Crippen molar-refractivity contribution in [2.75, 3.05) is 13.1 Å². The number of unbranched alkanes of at least 4 members (excludes halogenated alkanes) is 2. The maximum atomic E-state index is 9.96. The van der Waals surface area contributed by atoms with Crippen molar-refractivity contribution in [3.63, 3.8) is 0 Å². The average Bonchev–Trinajstić information content (AvgIpc) is 2.65. The summed E-state index contributed by atoms with van der Waals surface area (Å²) in [4.78, 5) is 9.96. The molecule has 1 N–H and O–H groups in total. The Labute approximate surface area is 150 Å². The molecule has 0 bridgehead atoms. The Morgan fingerprint density at radius 2 is 1.88 bits per heavy atom. The maximum Gasteiger partial charge on any atom is 0.147 e. The third kappa shape index (κ3) is 4.95. The van der Waals surface area contributed by atoms with Crippen molar-refractivity contribution in [1.82, 2.24) is 10.0 Å². The molecular formula is C21H28N2O2. The number of aromatic nitrogens is 1. The van der Waals surface area contributed by atoms with Crippen LogP contribution in [-0.4, -0.2) is 28.2 Å². The van der Waals surface area contributed by atoms with E-state index in [1.54, 1.807) is 6.20 Å². The van der Waals surface area contributed by atoms with Crippen LogP contribution < -0.4 is 4.84 Å². The van der Waals surface area contributed by atoms with E-state index in [0.717, 1.165) is 43.7 Å². The second-order valence-corrected chi connectivity index (χ2v) is 6.83. The quantitative estimate of drug-likeness (QED) is 0.743. The highest BCUT2D eigenvalue weighted by Crippen LogP contribution is 2.33. The first-order chi connectivity index (χ1) is 12.3. The summed E-state index contributed by atoms with van der Waals surface area (Å²) in [7, 11) is 0. The van der Waals surface area contributed by atoms with Gasteiger partial charge in [0.15, 0.2) is 0 Å². The lowest BCUT2D eigenvalue weighted by atomic mass is 9.90. The first kappa shape index (κ1) is 17.7. The Morgan fingerprint density at radius 3 is 2.56 bits per heavy atom. The van der Waals surface area contributed by atoms with Crippen molar-refractivity contribution in [3.8, 4) is 11.5 Å². The molecule has 1 aromatic carbocycles. The molecule has 0 radical (unpaired) electrons. The molecule has 0 aliphatic carbocycles. The van der Waals surface area contributed by atoms with Gasteiger partial charge in [-0.1, -0.05) is 31.9 Å². The monoisotopic (exact) mass is 340 g/mol. The van der Waals surface area contributed by atoms with Crippen molar-refractivity contribution in [1.29, 1.82) is 0 Å². The highest BCUT2D eigenvalue weighted by Gasteiger charge is 2.23. The predicted octanol–water partition coefficient (Wildman–Crippen LogP) is 4.69. The van der Waals surface area contributed by atoms with Crippen LogP contribution in [0.4, 0.5) is 0 Å². The molecule has 0 spiro atoms. The van der Waals surface area contributed by atoms with Crippen LogP contribution in [0.5, 0.6) is 11.5 Å². The number of aryl methyl sites for hydroxylation is 1. The van der Waals surface area contributed by atoms with E-state index in [4.69, 9.17) is 4.84 Å². The van der Waals surface area contributed by atoms with Gasteiger partial charge >= 0.3 is 0 Å². The zero-order valence-corrected chi connectivity index (χ0v) is 15.0. The van der Waals surface area contributed by atoms with Crippen molar-refractivity contribution >= 4 is 0 Å². The van der Waals surface area contributed by atoms with Gasteiger partial charge in [-0.2, -0.15) is 0 Å². The summed E-state index contributed by atoms with van der Waals surface area (Å²) in [5.74, 6) is 1.59. The van der Waals surface area contributed by atoms with Crippen LogP contribution in [0.1, 0.15) is 56.1 Å². The van der Waals surface area contributed by atoms with Crippen LogP contribution in [0.3, 0.4) is 0 Å². The molecule has 0 amide bonds. The number of nitrogens with zero attached hydrogens (tertiary/aromatic N) is 2. The molecule has 4 heteroatoms. The van der Waals surface area contributed by atoms with E-state index in [1.807, 2.05) is 11.1 Å². The van der Waals surface area contributed by atoms with E-state index in [1.165, 1.54) is 31.0 Å². The molecule has 0 atom stereocenters. The zero-order valence-electron chi connectivity index (χ0n) is 15.0. The highest BCUT2D eigenvalue weighted by atomic mass is 16.7. The highest BCUT2D eigenvalue weighted by molar-refractivity contribution is 5.32. The van der Waals surface area contributed by atoms with E-state index >= 15 is 0 Å². The third-order valence-corrected chi connectivity index (χ3v) is 4.95. The van der Waals surface area contributed by atoms with Gasteiger partial charge in [0.1, 0.15) is 11.5 Å². The second-order valence-electron chi connectivity index (χ2n) is 6.83. The molecule has 0 unspecified atom stereocenters. The maximum absolute atomic E-state index is 9.96. The van der Waals surface area contributed by atoms with Crippen molar-refractivity contribution < 1.29 is 9.94 Å². The number of piperidine rings is 1. The predicted molar refractivity (Wildman–Crippen MR) is 99.7 cm³/mol. The fourth-order valence-corrected chi connectivity index (χ4v) is 3.45. The van der Waals surface area contributed by atoms with Crippen LogP contribution >= 0.6 is 0 Å². The Hall–Kier alpha value is -2.07. The van der Waals surface area contributed by atoms with Gasteiger partial charge in [0.2, 0.25) is 0 Å². The minimum atomic E-state index is 0.306. The average molecular weight is 340 g/mol. The topological polar surface area (TPSA) is 45.6 Å². The van der Waals surface area contributed by atoms with Crippen LogP contribution in [0.2, 0.25) is 0 Å². The summed E-state index contributed by atoms with van der Waals surface area (Å²) in [6.45, 7) is 3.96. The molecule has 1 aliphatic rings. The molecule has 0 saturated carbocycles. The van der Waals surface area contributed by atoms with Gasteiger partial charge in [0.25, 0.3) is 0 Å². The van der Waals surface area contributed by atoms with E-state index in [9.17, 15) is 5.11 Å². The molecule has 1 saturated heterocycles. The van der Waals surface area contributed by atoms with Crippen molar-refractivity contribution in [3.05, 3.63) is 53.9 Å². The van der Waals surface area contributed by atoms with Gasteiger partial charge in [-0.05, 0) is 55.4 Å². The van der Waals surface area contributed by atoms with E-state index in [-0.39, 0.29) is 0 Å². The first-order valence-electron chi connectivity index (χ1n) is 9.41. The standard InChI is InChI=1S/C21H28N2O2/c1-2-3-4-5-17-6-8-19(9-7-17)25-23-14-11-18(12-15-23)20-10-13-22-16-21(20)24/h6-10,13,16,18,24H,2-5,11-12,14-15H2,1H3. The molecule has 3 rings (SSSR count). The smallest absolute Gasteiger partial charge is 0.147 e. The molecule has 1 aromatic heterocycles. The van der Waals surface area contributed by atoms with Gasteiger partial charge in [-0.3, -0.25) is 4.98 Å². The minimum Gasteiger partial charge on any atom is -0.506 e. The number of hydroxylamine groups is 2. The fourth-order valence-electron chi connectivity index (χ4n) is 3.45. The number of rotatable bonds is 7. The molecule has 134 valence electrons. The molecule has 1 aliphatic heterocycles. The van der Waals surface area contributed by atoms with Crippen molar-refractivity contribution in [2.24, 2.45) is 0 Å². The summed E-state index contributed by atoms with van der Waals surface area (Å²) in [6, 6.07) is 10.4. The lowest BCUT2D eigenvalue weighted by Crippen LogP contribution is -2.35. The SMILES string of the molecule is CCCCCc1ccc(ON2CCC(c3ccncc3O)CC2)cc1. The number of hydrogen-bond donors (Lipinski definition) is 1. The van der Waals surface area contributed by atoms with Crippen LogP contribution in [0.15, 0.2) is 42.7 Å². The summed E-state index contributed by atoms with van der Waals surface area (Å²) < 4.78 is 0. The van der Waals surface area contributed by atoms with Gasteiger partial charge in [-0.25, -0.2) is 0 Å². The molecule has 4 nitrogen and oxygen atoms in total. The molecular weight excluding hydrogens is 312 g/mol. The third-order valence-electron chi connectivity index (χ3n) is 4.95. The van der Waals surface area contributed by atoms with Crippen LogP contribution in [-0.2, 0) is 6.42 Å². The Morgan fingerprint density at radius 1 is 1.12 bits per heavy atom. The first-order valence-corrected chi connectivity index (χ1v) is 9.41. The lowest BCUT2D eigenvalue weighted by Gasteiger charge is -2.31. The number of aromatic hydroxyl groups is 1. The van der Waals surface area contributed by atoms with Crippen LogP contribution in [0.25, 0.3) is 0 Å². The normalized spacial score (nSPS) is 16.0. The zero-order chi connectivity index (χ0) is 17.5.